The number of anilines is 2. The molecule has 2 N–H and O–H groups in total. The molecule has 0 unspecified atom stereocenters. The van der Waals surface area contributed by atoms with E-state index in [4.69, 9.17) is 0 Å². The molecule has 6 heteroatoms. The highest BCUT2D eigenvalue weighted by atomic mass is 32.1. The first-order valence-corrected chi connectivity index (χ1v) is 10.0. The molecule has 4 rings (SSSR count). The van der Waals surface area contributed by atoms with Crippen LogP contribution in [0.15, 0.2) is 54.6 Å². The predicted octanol–water partition coefficient (Wildman–Crippen LogP) is 5.27. The molecule has 1 aliphatic carbocycles. The van der Waals surface area contributed by atoms with E-state index in [1.165, 1.54) is 35.6 Å². The first-order chi connectivity index (χ1) is 13.6. The lowest BCUT2D eigenvalue weighted by Crippen LogP contribution is -2.18. The lowest BCUT2D eigenvalue weighted by molar-refractivity contribution is 0.102. The minimum atomic E-state index is -0.397. The van der Waals surface area contributed by atoms with E-state index >= 15 is 0 Å². The number of thiophene rings is 1. The second-order valence-electron chi connectivity index (χ2n) is 6.70. The van der Waals surface area contributed by atoms with Gasteiger partial charge in [0.25, 0.3) is 11.8 Å². The Labute approximate surface area is 166 Å². The lowest BCUT2D eigenvalue weighted by atomic mass is 9.95. The number of halogens is 1. The highest BCUT2D eigenvalue weighted by Gasteiger charge is 2.26. The third-order valence-electron chi connectivity index (χ3n) is 4.76. The van der Waals surface area contributed by atoms with Crippen molar-refractivity contribution in [3.63, 3.8) is 0 Å². The Bertz CT molecular complexity index is 1010. The average molecular weight is 394 g/mol. The Morgan fingerprint density at radius 3 is 2.32 bits per heavy atom. The number of hydrogen-bond acceptors (Lipinski definition) is 3. The fourth-order valence-electron chi connectivity index (χ4n) is 3.39. The van der Waals surface area contributed by atoms with E-state index in [1.807, 2.05) is 30.3 Å². The van der Waals surface area contributed by atoms with Gasteiger partial charge in [0.2, 0.25) is 0 Å². The predicted molar refractivity (Wildman–Crippen MR) is 110 cm³/mol. The van der Waals surface area contributed by atoms with Crippen LogP contribution >= 0.6 is 11.3 Å². The number of para-hydroxylation sites is 1. The van der Waals surface area contributed by atoms with E-state index in [1.54, 1.807) is 0 Å². The van der Waals surface area contributed by atoms with Gasteiger partial charge in [0.05, 0.1) is 5.56 Å². The Morgan fingerprint density at radius 2 is 1.57 bits per heavy atom. The summed E-state index contributed by atoms with van der Waals surface area (Å²) in [6.07, 6.45) is 3.85. The van der Waals surface area contributed by atoms with Crippen molar-refractivity contribution in [2.45, 2.75) is 25.7 Å². The number of carbonyl (C=O) groups is 2. The van der Waals surface area contributed by atoms with Crippen LogP contribution in [-0.4, -0.2) is 11.8 Å². The standard InChI is InChI=1S/C22H19FN2O2S/c23-15-12-10-14(11-13-15)20(26)25-22-19(17-8-4-5-9-18(17)28-22)21(27)24-16-6-2-1-3-7-16/h1-3,6-7,10-13H,4-5,8-9H2,(H,24,27)(H,25,26). The summed E-state index contributed by atoms with van der Waals surface area (Å²) >= 11 is 1.46. The molecule has 142 valence electrons. The van der Waals surface area contributed by atoms with Gasteiger partial charge in [-0.2, -0.15) is 0 Å². The molecular weight excluding hydrogens is 375 g/mol. The summed E-state index contributed by atoms with van der Waals surface area (Å²) in [5.74, 6) is -0.974. The van der Waals surface area contributed by atoms with Crippen LogP contribution in [0.25, 0.3) is 0 Å². The van der Waals surface area contributed by atoms with Crippen molar-refractivity contribution in [1.82, 2.24) is 0 Å². The summed E-state index contributed by atoms with van der Waals surface area (Å²) in [6, 6.07) is 14.6. The topological polar surface area (TPSA) is 58.2 Å². The molecule has 28 heavy (non-hydrogen) atoms. The molecule has 1 aliphatic rings. The van der Waals surface area contributed by atoms with Gasteiger partial charge in [-0.15, -0.1) is 11.3 Å². The Balaban J connectivity index is 1.65. The molecule has 2 aromatic carbocycles. The van der Waals surface area contributed by atoms with E-state index in [0.29, 0.717) is 21.8 Å². The van der Waals surface area contributed by atoms with Crippen LogP contribution in [0.4, 0.5) is 15.1 Å². The Morgan fingerprint density at radius 1 is 0.857 bits per heavy atom. The molecule has 2 amide bonds. The average Bonchev–Trinajstić information content (AvgIpc) is 3.07. The molecule has 0 aliphatic heterocycles. The van der Waals surface area contributed by atoms with Gasteiger partial charge < -0.3 is 10.6 Å². The zero-order valence-electron chi connectivity index (χ0n) is 15.1. The van der Waals surface area contributed by atoms with Crippen molar-refractivity contribution in [3.8, 4) is 0 Å². The number of nitrogens with one attached hydrogen (secondary N) is 2. The SMILES string of the molecule is O=C(Nc1sc2c(c1C(=O)Nc1ccccc1)CCCC2)c1ccc(F)cc1. The molecular formula is C22H19FN2O2S. The molecule has 0 saturated carbocycles. The van der Waals surface area contributed by atoms with Crippen molar-refractivity contribution in [3.05, 3.63) is 82.0 Å². The van der Waals surface area contributed by atoms with Crippen LogP contribution in [0.5, 0.6) is 0 Å². The first-order valence-electron chi connectivity index (χ1n) is 9.19. The molecule has 0 bridgehead atoms. The normalized spacial score (nSPS) is 12.9. The minimum absolute atomic E-state index is 0.222. The molecule has 0 atom stereocenters. The Hall–Kier alpha value is -2.99. The largest absolute Gasteiger partial charge is 0.322 e. The molecule has 0 radical (unpaired) electrons. The van der Waals surface area contributed by atoms with Crippen molar-refractivity contribution in [1.29, 1.82) is 0 Å². The van der Waals surface area contributed by atoms with E-state index in [2.05, 4.69) is 10.6 Å². The fraction of sp³-hybridized carbons (Fsp3) is 0.182. The number of benzene rings is 2. The summed E-state index contributed by atoms with van der Waals surface area (Å²) in [6.45, 7) is 0. The number of hydrogen-bond donors (Lipinski definition) is 2. The van der Waals surface area contributed by atoms with Crippen LogP contribution in [-0.2, 0) is 12.8 Å². The number of amides is 2. The van der Waals surface area contributed by atoms with Gasteiger partial charge in [0, 0.05) is 16.1 Å². The number of rotatable bonds is 4. The summed E-state index contributed by atoms with van der Waals surface area (Å²) in [5, 5.41) is 6.34. The second kappa shape index (κ2) is 7.94. The lowest BCUT2D eigenvalue weighted by Gasteiger charge is -2.13. The zero-order valence-corrected chi connectivity index (χ0v) is 15.9. The van der Waals surface area contributed by atoms with E-state index in [-0.39, 0.29) is 11.8 Å². The molecule has 0 spiro atoms. The van der Waals surface area contributed by atoms with E-state index in [9.17, 15) is 14.0 Å². The maximum absolute atomic E-state index is 13.1. The number of aryl methyl sites for hydroxylation is 1. The summed E-state index contributed by atoms with van der Waals surface area (Å²) in [4.78, 5) is 26.8. The fourth-order valence-corrected chi connectivity index (χ4v) is 4.67. The van der Waals surface area contributed by atoms with Gasteiger partial charge in [0.15, 0.2) is 0 Å². The van der Waals surface area contributed by atoms with Gasteiger partial charge in [0.1, 0.15) is 10.8 Å². The third-order valence-corrected chi connectivity index (χ3v) is 5.97. The molecule has 4 nitrogen and oxygen atoms in total. The van der Waals surface area contributed by atoms with Crippen molar-refractivity contribution < 1.29 is 14.0 Å². The Kier molecular flexibility index (Phi) is 5.21. The zero-order chi connectivity index (χ0) is 19.5. The van der Waals surface area contributed by atoms with Crippen LogP contribution in [0, 0.1) is 5.82 Å². The molecule has 0 saturated heterocycles. The first kappa shape index (κ1) is 18.4. The number of carbonyl (C=O) groups excluding carboxylic acids is 2. The third kappa shape index (κ3) is 3.82. The maximum atomic E-state index is 13.1. The molecule has 1 aromatic heterocycles. The van der Waals surface area contributed by atoms with Crippen molar-refractivity contribution in [2.24, 2.45) is 0 Å². The van der Waals surface area contributed by atoms with Crippen molar-refractivity contribution in [2.75, 3.05) is 10.6 Å². The van der Waals surface area contributed by atoms with Crippen LogP contribution in [0.3, 0.4) is 0 Å². The minimum Gasteiger partial charge on any atom is -0.322 e. The van der Waals surface area contributed by atoms with E-state index in [0.717, 1.165) is 36.1 Å². The quantitative estimate of drug-likeness (QED) is 0.633. The second-order valence-corrected chi connectivity index (χ2v) is 7.80. The van der Waals surface area contributed by atoms with Gasteiger partial charge in [-0.05, 0) is 67.6 Å². The van der Waals surface area contributed by atoms with Gasteiger partial charge >= 0.3 is 0 Å². The van der Waals surface area contributed by atoms with Crippen LogP contribution < -0.4 is 10.6 Å². The summed E-state index contributed by atoms with van der Waals surface area (Å²) in [5.41, 5.74) is 2.62. The van der Waals surface area contributed by atoms with Gasteiger partial charge in [-0.1, -0.05) is 18.2 Å². The molecule has 3 aromatic rings. The van der Waals surface area contributed by atoms with Gasteiger partial charge in [-0.25, -0.2) is 4.39 Å². The van der Waals surface area contributed by atoms with E-state index < -0.39 is 5.82 Å². The smallest absolute Gasteiger partial charge is 0.258 e. The number of fused-ring (bicyclic) bond motifs is 1. The van der Waals surface area contributed by atoms with Crippen molar-refractivity contribution >= 4 is 33.8 Å². The van der Waals surface area contributed by atoms with Crippen LogP contribution in [0.2, 0.25) is 0 Å². The molecule has 1 heterocycles. The van der Waals surface area contributed by atoms with Crippen LogP contribution in [0.1, 0.15) is 44.0 Å². The monoisotopic (exact) mass is 394 g/mol. The highest BCUT2D eigenvalue weighted by Crippen LogP contribution is 2.38. The summed E-state index contributed by atoms with van der Waals surface area (Å²) < 4.78 is 13.1. The summed E-state index contributed by atoms with van der Waals surface area (Å²) in [7, 11) is 0. The highest BCUT2D eigenvalue weighted by molar-refractivity contribution is 7.17. The van der Waals surface area contributed by atoms with Gasteiger partial charge in [-0.3, -0.25) is 9.59 Å². The molecule has 0 fully saturated rings. The maximum Gasteiger partial charge on any atom is 0.258 e.